The van der Waals surface area contributed by atoms with Crippen molar-refractivity contribution in [2.45, 2.75) is 26.9 Å². The van der Waals surface area contributed by atoms with E-state index < -0.39 is 11.9 Å². The van der Waals surface area contributed by atoms with Crippen molar-refractivity contribution < 1.29 is 19.1 Å². The van der Waals surface area contributed by atoms with Crippen LogP contribution in [-0.2, 0) is 11.3 Å². The first-order valence-electron chi connectivity index (χ1n) is 10.1. The molecule has 164 valence electrons. The van der Waals surface area contributed by atoms with Crippen LogP contribution in [0.4, 0.5) is 0 Å². The quantitative estimate of drug-likeness (QED) is 0.451. The van der Waals surface area contributed by atoms with Crippen LogP contribution >= 0.6 is 11.6 Å². The minimum atomic E-state index is -0.706. The summed E-state index contributed by atoms with van der Waals surface area (Å²) >= 11 is 5.95. The van der Waals surface area contributed by atoms with Crippen LogP contribution in [0.15, 0.2) is 41.2 Å². The molecule has 9 heteroatoms. The largest absolute Gasteiger partial charge is 0.454 e. The second-order valence-electron chi connectivity index (χ2n) is 7.96. The summed E-state index contributed by atoms with van der Waals surface area (Å²) in [5.41, 5.74) is 0.589. The summed E-state index contributed by atoms with van der Waals surface area (Å²) in [7, 11) is 0. The molecule has 2 heterocycles. The second kappa shape index (κ2) is 8.55. The van der Waals surface area contributed by atoms with Crippen LogP contribution in [0.25, 0.3) is 10.9 Å². The standard InChI is InChI=1S/C23H20ClN3O5/c1-12(2)7-8-27-21(29)15-5-3-13(9-17(15)22(27)30)23(31)32-11-19-25-18-10-14(24)4-6-16(18)20(28)26-19/h3-6,9-10,12H,7-8,11H2,1-2H3,(H,25,26,28). The van der Waals surface area contributed by atoms with E-state index in [1.165, 1.54) is 23.1 Å². The summed E-state index contributed by atoms with van der Waals surface area (Å²) in [5.74, 6) is -0.983. The molecule has 0 unspecified atom stereocenters. The van der Waals surface area contributed by atoms with Crippen LogP contribution in [0.2, 0.25) is 5.02 Å². The number of aromatic nitrogens is 2. The van der Waals surface area contributed by atoms with Gasteiger partial charge in [-0.25, -0.2) is 9.78 Å². The Hall–Kier alpha value is -3.52. The first kappa shape index (κ1) is 21.7. The minimum Gasteiger partial charge on any atom is -0.454 e. The number of halogens is 1. The van der Waals surface area contributed by atoms with Crippen molar-refractivity contribution in [3.63, 3.8) is 0 Å². The third kappa shape index (κ3) is 4.13. The zero-order chi connectivity index (χ0) is 23.0. The Kier molecular flexibility index (Phi) is 5.80. The van der Waals surface area contributed by atoms with Gasteiger partial charge in [-0.2, -0.15) is 0 Å². The maximum atomic E-state index is 12.7. The van der Waals surface area contributed by atoms with E-state index in [9.17, 15) is 19.2 Å². The molecule has 2 aromatic carbocycles. The number of fused-ring (bicyclic) bond motifs is 2. The molecular weight excluding hydrogens is 434 g/mol. The topological polar surface area (TPSA) is 109 Å². The maximum absolute atomic E-state index is 12.7. The molecule has 4 rings (SSSR count). The molecule has 0 fully saturated rings. The van der Waals surface area contributed by atoms with Crippen molar-refractivity contribution in [3.05, 3.63) is 74.3 Å². The zero-order valence-electron chi connectivity index (χ0n) is 17.5. The summed E-state index contributed by atoms with van der Waals surface area (Å²) in [6.45, 7) is 4.08. The Labute approximate surface area is 188 Å². The third-order valence-electron chi connectivity index (χ3n) is 5.19. The molecule has 1 aliphatic rings. The number of hydrogen-bond acceptors (Lipinski definition) is 6. The molecule has 0 aliphatic carbocycles. The van der Waals surface area contributed by atoms with Crippen molar-refractivity contribution in [3.8, 4) is 0 Å². The summed E-state index contributed by atoms with van der Waals surface area (Å²) in [4.78, 5) is 57.9. The van der Waals surface area contributed by atoms with Crippen LogP contribution in [-0.4, -0.2) is 39.2 Å². The van der Waals surface area contributed by atoms with E-state index in [1.54, 1.807) is 18.2 Å². The van der Waals surface area contributed by atoms with E-state index in [2.05, 4.69) is 9.97 Å². The SMILES string of the molecule is CC(C)CCN1C(=O)c2ccc(C(=O)OCc3nc4cc(Cl)ccc4c(=O)[nH]3)cc2C1=O. The van der Waals surface area contributed by atoms with Crippen LogP contribution < -0.4 is 5.56 Å². The molecule has 1 aliphatic heterocycles. The summed E-state index contributed by atoms with van der Waals surface area (Å²) in [6.07, 6.45) is 0.697. The van der Waals surface area contributed by atoms with Crippen molar-refractivity contribution in [1.29, 1.82) is 0 Å². The average molecular weight is 454 g/mol. The molecule has 0 saturated heterocycles. The van der Waals surface area contributed by atoms with E-state index >= 15 is 0 Å². The molecule has 0 radical (unpaired) electrons. The van der Waals surface area contributed by atoms with Gasteiger partial charge in [0.25, 0.3) is 17.4 Å². The Morgan fingerprint density at radius 3 is 2.59 bits per heavy atom. The summed E-state index contributed by atoms with van der Waals surface area (Å²) in [5, 5.41) is 0.798. The molecule has 32 heavy (non-hydrogen) atoms. The third-order valence-corrected chi connectivity index (χ3v) is 5.43. The molecule has 0 bridgehead atoms. The molecule has 0 saturated carbocycles. The van der Waals surface area contributed by atoms with Gasteiger partial charge in [-0.1, -0.05) is 25.4 Å². The predicted octanol–water partition coefficient (Wildman–Crippen LogP) is 3.58. The molecule has 1 aromatic heterocycles. The highest BCUT2D eigenvalue weighted by molar-refractivity contribution is 6.31. The summed E-state index contributed by atoms with van der Waals surface area (Å²) in [6, 6.07) is 8.96. The van der Waals surface area contributed by atoms with Gasteiger partial charge in [-0.05, 0) is 48.7 Å². The van der Waals surface area contributed by atoms with Crippen molar-refractivity contribution in [1.82, 2.24) is 14.9 Å². The number of amides is 2. The number of hydrogen-bond donors (Lipinski definition) is 1. The van der Waals surface area contributed by atoms with E-state index in [1.807, 2.05) is 13.8 Å². The Balaban J connectivity index is 1.50. The average Bonchev–Trinajstić information content (AvgIpc) is 2.99. The number of carbonyl (C=O) groups excluding carboxylic acids is 3. The van der Waals surface area contributed by atoms with Gasteiger partial charge >= 0.3 is 5.97 Å². The normalized spacial score (nSPS) is 13.2. The molecule has 8 nitrogen and oxygen atoms in total. The van der Waals surface area contributed by atoms with Crippen molar-refractivity contribution in [2.75, 3.05) is 6.54 Å². The van der Waals surface area contributed by atoms with Crippen molar-refractivity contribution in [2.24, 2.45) is 5.92 Å². The lowest BCUT2D eigenvalue weighted by atomic mass is 10.1. The predicted molar refractivity (Wildman–Crippen MR) is 118 cm³/mol. The number of imide groups is 1. The number of aromatic amines is 1. The highest BCUT2D eigenvalue weighted by atomic mass is 35.5. The van der Waals surface area contributed by atoms with Gasteiger partial charge in [0.1, 0.15) is 12.4 Å². The second-order valence-corrected chi connectivity index (χ2v) is 8.39. The van der Waals surface area contributed by atoms with Gasteiger partial charge in [-0.3, -0.25) is 19.3 Å². The zero-order valence-corrected chi connectivity index (χ0v) is 18.2. The van der Waals surface area contributed by atoms with Gasteiger partial charge in [0.2, 0.25) is 0 Å². The van der Waals surface area contributed by atoms with Gasteiger partial charge in [-0.15, -0.1) is 0 Å². The number of rotatable bonds is 6. The number of nitrogens with zero attached hydrogens (tertiary/aromatic N) is 2. The number of esters is 1. The number of ether oxygens (including phenoxy) is 1. The van der Waals surface area contributed by atoms with Crippen LogP contribution in [0.1, 0.15) is 57.2 Å². The lowest BCUT2D eigenvalue weighted by Crippen LogP contribution is -2.31. The van der Waals surface area contributed by atoms with Gasteiger partial charge < -0.3 is 9.72 Å². The van der Waals surface area contributed by atoms with Crippen LogP contribution in [0.3, 0.4) is 0 Å². The monoisotopic (exact) mass is 453 g/mol. The molecule has 3 aromatic rings. The van der Waals surface area contributed by atoms with Crippen molar-refractivity contribution >= 4 is 40.3 Å². The smallest absolute Gasteiger partial charge is 0.338 e. The lowest BCUT2D eigenvalue weighted by Gasteiger charge is -2.14. The fraction of sp³-hybridized carbons (Fsp3) is 0.261. The minimum absolute atomic E-state index is 0.127. The molecule has 0 atom stereocenters. The molecular formula is C23H20ClN3O5. The number of nitrogens with one attached hydrogen (secondary N) is 1. The highest BCUT2D eigenvalue weighted by Crippen LogP contribution is 2.25. The Morgan fingerprint density at radius 2 is 1.84 bits per heavy atom. The lowest BCUT2D eigenvalue weighted by molar-refractivity contribution is 0.0462. The first-order chi connectivity index (χ1) is 15.2. The number of carbonyl (C=O) groups is 3. The Morgan fingerprint density at radius 1 is 1.09 bits per heavy atom. The van der Waals surface area contributed by atoms with Gasteiger partial charge in [0.15, 0.2) is 0 Å². The summed E-state index contributed by atoms with van der Waals surface area (Å²) < 4.78 is 5.26. The molecule has 1 N–H and O–H groups in total. The van der Waals surface area contributed by atoms with Gasteiger partial charge in [0.05, 0.1) is 27.6 Å². The maximum Gasteiger partial charge on any atom is 0.338 e. The van der Waals surface area contributed by atoms with Crippen LogP contribution in [0.5, 0.6) is 0 Å². The van der Waals surface area contributed by atoms with Crippen LogP contribution in [0, 0.1) is 5.92 Å². The van der Waals surface area contributed by atoms with E-state index in [0.29, 0.717) is 34.8 Å². The van der Waals surface area contributed by atoms with E-state index in [4.69, 9.17) is 16.3 Å². The highest BCUT2D eigenvalue weighted by Gasteiger charge is 2.35. The van der Waals surface area contributed by atoms with E-state index in [0.717, 1.165) is 0 Å². The fourth-order valence-electron chi connectivity index (χ4n) is 3.45. The number of benzene rings is 2. The fourth-order valence-corrected chi connectivity index (χ4v) is 3.62. The van der Waals surface area contributed by atoms with Gasteiger partial charge in [0, 0.05) is 11.6 Å². The Bertz CT molecular complexity index is 1310. The molecule has 2 amide bonds. The molecule has 0 spiro atoms. The van der Waals surface area contributed by atoms with E-state index in [-0.39, 0.29) is 40.6 Å². The first-order valence-corrected chi connectivity index (χ1v) is 10.5. The number of H-pyrrole nitrogens is 1.